The maximum absolute atomic E-state index is 12.3. The van der Waals surface area contributed by atoms with Gasteiger partial charge in [-0.25, -0.2) is 4.79 Å². The summed E-state index contributed by atoms with van der Waals surface area (Å²) in [4.78, 5) is 12.3. The summed E-state index contributed by atoms with van der Waals surface area (Å²) in [6.07, 6.45) is 0. The van der Waals surface area contributed by atoms with Crippen molar-refractivity contribution in [2.24, 2.45) is 0 Å². The maximum Gasteiger partial charge on any atom is 0.356 e. The first kappa shape index (κ1) is 16.8. The zero-order valence-electron chi connectivity index (χ0n) is 14.3. The molecule has 0 atom stereocenters. The van der Waals surface area contributed by atoms with Crippen molar-refractivity contribution >= 4 is 5.97 Å². The quantitative estimate of drug-likeness (QED) is 0.643. The number of nitrogens with zero attached hydrogens (tertiary/aromatic N) is 2. The van der Waals surface area contributed by atoms with Crippen molar-refractivity contribution in [2.45, 2.75) is 13.5 Å². The molecule has 5 heteroatoms. The van der Waals surface area contributed by atoms with Gasteiger partial charge in [0.15, 0.2) is 0 Å². The van der Waals surface area contributed by atoms with Crippen molar-refractivity contribution in [1.29, 1.82) is 0 Å². The van der Waals surface area contributed by atoms with E-state index < -0.39 is 0 Å². The maximum atomic E-state index is 12.3. The van der Waals surface area contributed by atoms with Crippen LogP contribution in [-0.2, 0) is 11.3 Å². The number of hydrogen-bond donors (Lipinski definition) is 0. The molecule has 0 fully saturated rings. The van der Waals surface area contributed by atoms with Gasteiger partial charge in [-0.15, -0.1) is 0 Å². The summed E-state index contributed by atoms with van der Waals surface area (Å²) in [5.74, 6) is 0.422. The molecule has 0 spiro atoms. The highest BCUT2D eigenvalue weighted by Gasteiger charge is 2.17. The normalized spacial score (nSPS) is 10.5. The smallest absolute Gasteiger partial charge is 0.356 e. The van der Waals surface area contributed by atoms with E-state index in [4.69, 9.17) is 9.47 Å². The number of methoxy groups -OCH3 is 1. The second kappa shape index (κ2) is 7.66. The molecule has 0 aliphatic heterocycles. The first-order chi connectivity index (χ1) is 12.2. The molecule has 0 saturated carbocycles. The Hall–Kier alpha value is -3.08. The van der Waals surface area contributed by atoms with Crippen molar-refractivity contribution < 1.29 is 14.3 Å². The molecular formula is C20H20N2O3. The van der Waals surface area contributed by atoms with Gasteiger partial charge >= 0.3 is 5.97 Å². The van der Waals surface area contributed by atoms with E-state index >= 15 is 0 Å². The van der Waals surface area contributed by atoms with Crippen LogP contribution in [0.15, 0.2) is 60.7 Å². The van der Waals surface area contributed by atoms with Gasteiger partial charge < -0.3 is 9.47 Å². The van der Waals surface area contributed by atoms with E-state index in [0.717, 1.165) is 22.6 Å². The number of esters is 1. The number of carbonyl (C=O) groups excluding carboxylic acids is 1. The minimum absolute atomic E-state index is 0.327. The molecule has 25 heavy (non-hydrogen) atoms. The zero-order chi connectivity index (χ0) is 17.6. The molecule has 128 valence electrons. The van der Waals surface area contributed by atoms with E-state index in [2.05, 4.69) is 5.10 Å². The Labute approximate surface area is 146 Å². The Morgan fingerprint density at radius 3 is 2.44 bits per heavy atom. The van der Waals surface area contributed by atoms with Gasteiger partial charge in [-0.3, -0.25) is 4.68 Å². The summed E-state index contributed by atoms with van der Waals surface area (Å²) in [6, 6.07) is 19.2. The van der Waals surface area contributed by atoms with Crippen molar-refractivity contribution in [1.82, 2.24) is 9.78 Å². The fourth-order valence-electron chi connectivity index (χ4n) is 2.56. The highest BCUT2D eigenvalue weighted by molar-refractivity contribution is 5.89. The van der Waals surface area contributed by atoms with E-state index in [1.165, 1.54) is 0 Å². The van der Waals surface area contributed by atoms with Crippen molar-refractivity contribution in [3.8, 4) is 17.0 Å². The Bertz CT molecular complexity index is 839. The Balaban J connectivity index is 1.94. The van der Waals surface area contributed by atoms with E-state index in [1.807, 2.05) is 54.6 Å². The van der Waals surface area contributed by atoms with Crippen LogP contribution in [0.1, 0.15) is 23.0 Å². The fraction of sp³-hybridized carbons (Fsp3) is 0.200. The molecule has 0 saturated heterocycles. The molecule has 0 unspecified atom stereocenters. The molecular weight excluding hydrogens is 316 g/mol. The SMILES string of the molecule is CCOC(=O)c1cc(-c2ccccc2)nn1Cc1ccc(OC)cc1. The van der Waals surface area contributed by atoms with Gasteiger partial charge in [0, 0.05) is 5.56 Å². The third-order valence-electron chi connectivity index (χ3n) is 3.83. The first-order valence-electron chi connectivity index (χ1n) is 8.14. The van der Waals surface area contributed by atoms with Gasteiger partial charge in [0.2, 0.25) is 0 Å². The summed E-state index contributed by atoms with van der Waals surface area (Å²) in [5.41, 5.74) is 3.17. The molecule has 1 heterocycles. The third kappa shape index (κ3) is 3.88. The number of ether oxygens (including phenoxy) is 2. The summed E-state index contributed by atoms with van der Waals surface area (Å²) in [6.45, 7) is 2.60. The van der Waals surface area contributed by atoms with Crippen LogP contribution in [0.4, 0.5) is 0 Å². The molecule has 0 aliphatic rings. The third-order valence-corrected chi connectivity index (χ3v) is 3.83. The van der Waals surface area contributed by atoms with Crippen LogP contribution in [-0.4, -0.2) is 29.5 Å². The lowest BCUT2D eigenvalue weighted by atomic mass is 10.1. The Morgan fingerprint density at radius 2 is 1.80 bits per heavy atom. The lowest BCUT2D eigenvalue weighted by Crippen LogP contribution is -2.14. The Morgan fingerprint density at radius 1 is 1.08 bits per heavy atom. The topological polar surface area (TPSA) is 53.3 Å². The lowest BCUT2D eigenvalue weighted by Gasteiger charge is -2.07. The van der Waals surface area contributed by atoms with Crippen LogP contribution in [0, 0.1) is 0 Å². The predicted molar refractivity (Wildman–Crippen MR) is 95.7 cm³/mol. The summed E-state index contributed by atoms with van der Waals surface area (Å²) < 4.78 is 12.0. The Kier molecular flexibility index (Phi) is 5.14. The van der Waals surface area contributed by atoms with Crippen LogP contribution in [0.25, 0.3) is 11.3 Å². The van der Waals surface area contributed by atoms with Gasteiger partial charge in [0.1, 0.15) is 11.4 Å². The average Bonchev–Trinajstić information content (AvgIpc) is 3.07. The molecule has 2 aromatic carbocycles. The largest absolute Gasteiger partial charge is 0.497 e. The van der Waals surface area contributed by atoms with Crippen molar-refractivity contribution in [3.05, 3.63) is 71.9 Å². The number of benzene rings is 2. The summed E-state index contributed by atoms with van der Waals surface area (Å²) in [7, 11) is 1.63. The predicted octanol–water partition coefficient (Wildman–Crippen LogP) is 3.78. The molecule has 3 aromatic rings. The fourth-order valence-corrected chi connectivity index (χ4v) is 2.56. The zero-order valence-corrected chi connectivity index (χ0v) is 14.3. The molecule has 0 N–H and O–H groups in total. The second-order valence-electron chi connectivity index (χ2n) is 5.51. The van der Waals surface area contributed by atoms with Crippen LogP contribution >= 0.6 is 0 Å². The van der Waals surface area contributed by atoms with Crippen LogP contribution in [0.2, 0.25) is 0 Å². The molecule has 0 bridgehead atoms. The number of rotatable bonds is 6. The van der Waals surface area contributed by atoms with Gasteiger partial charge in [-0.1, -0.05) is 42.5 Å². The van der Waals surface area contributed by atoms with Crippen LogP contribution in [0.5, 0.6) is 5.75 Å². The summed E-state index contributed by atoms with van der Waals surface area (Å²) >= 11 is 0. The van der Waals surface area contributed by atoms with Crippen molar-refractivity contribution in [3.63, 3.8) is 0 Å². The summed E-state index contributed by atoms with van der Waals surface area (Å²) in [5, 5.41) is 4.61. The van der Waals surface area contributed by atoms with E-state index in [-0.39, 0.29) is 5.97 Å². The minimum atomic E-state index is -0.370. The standard InChI is InChI=1S/C20H20N2O3/c1-3-25-20(23)19-13-18(16-7-5-4-6-8-16)21-22(19)14-15-9-11-17(24-2)12-10-15/h4-13H,3,14H2,1-2H3. The van der Waals surface area contributed by atoms with Crippen LogP contribution in [0.3, 0.4) is 0 Å². The van der Waals surface area contributed by atoms with Crippen LogP contribution < -0.4 is 4.74 Å². The van der Waals surface area contributed by atoms with E-state index in [9.17, 15) is 4.79 Å². The van der Waals surface area contributed by atoms with E-state index in [0.29, 0.717) is 18.8 Å². The molecule has 3 rings (SSSR count). The minimum Gasteiger partial charge on any atom is -0.497 e. The highest BCUT2D eigenvalue weighted by Crippen LogP contribution is 2.21. The number of aromatic nitrogens is 2. The molecule has 0 aliphatic carbocycles. The van der Waals surface area contributed by atoms with Gasteiger partial charge in [0.05, 0.1) is 26.0 Å². The van der Waals surface area contributed by atoms with E-state index in [1.54, 1.807) is 24.8 Å². The highest BCUT2D eigenvalue weighted by atomic mass is 16.5. The first-order valence-corrected chi connectivity index (χ1v) is 8.14. The molecule has 5 nitrogen and oxygen atoms in total. The molecule has 0 amide bonds. The monoisotopic (exact) mass is 336 g/mol. The van der Waals surface area contributed by atoms with Gasteiger partial charge in [-0.2, -0.15) is 5.10 Å². The van der Waals surface area contributed by atoms with Gasteiger partial charge in [0.25, 0.3) is 0 Å². The van der Waals surface area contributed by atoms with Crippen molar-refractivity contribution in [2.75, 3.05) is 13.7 Å². The molecule has 1 aromatic heterocycles. The average molecular weight is 336 g/mol. The second-order valence-corrected chi connectivity index (χ2v) is 5.51. The van der Waals surface area contributed by atoms with Gasteiger partial charge in [-0.05, 0) is 30.7 Å². The number of carbonyl (C=O) groups is 1. The molecule has 0 radical (unpaired) electrons. The number of hydrogen-bond acceptors (Lipinski definition) is 4. The lowest BCUT2D eigenvalue weighted by molar-refractivity contribution is 0.0512.